The molecule has 0 saturated heterocycles. The van der Waals surface area contributed by atoms with Crippen LogP contribution < -0.4 is 5.32 Å². The van der Waals surface area contributed by atoms with E-state index in [1.807, 2.05) is 24.3 Å². The summed E-state index contributed by atoms with van der Waals surface area (Å²) in [6.07, 6.45) is 2.87. The standard InChI is InChI=1S/C12H15Cl2N/c1-3-4-9(2)15-8-10-5-6-11(13)12(14)7-10/h3,5-7,9,15H,1,4,8H2,2H3. The fourth-order valence-corrected chi connectivity index (χ4v) is 1.60. The normalized spacial score (nSPS) is 12.5. The summed E-state index contributed by atoms with van der Waals surface area (Å²) in [6, 6.07) is 6.11. The predicted octanol–water partition coefficient (Wildman–Crippen LogP) is 4.05. The van der Waals surface area contributed by atoms with E-state index in [9.17, 15) is 0 Å². The molecule has 15 heavy (non-hydrogen) atoms. The summed E-state index contributed by atoms with van der Waals surface area (Å²) < 4.78 is 0. The molecule has 0 aliphatic heterocycles. The lowest BCUT2D eigenvalue weighted by molar-refractivity contribution is 0.554. The number of hydrogen-bond donors (Lipinski definition) is 1. The van der Waals surface area contributed by atoms with E-state index in [-0.39, 0.29) is 0 Å². The average Bonchev–Trinajstić information content (AvgIpc) is 2.20. The molecule has 82 valence electrons. The fourth-order valence-electron chi connectivity index (χ4n) is 1.28. The first-order valence-corrected chi connectivity index (χ1v) is 5.67. The molecule has 0 aromatic heterocycles. The summed E-state index contributed by atoms with van der Waals surface area (Å²) in [5.74, 6) is 0. The maximum Gasteiger partial charge on any atom is 0.0595 e. The largest absolute Gasteiger partial charge is 0.310 e. The zero-order valence-corrected chi connectivity index (χ0v) is 10.3. The second kappa shape index (κ2) is 6.16. The van der Waals surface area contributed by atoms with Gasteiger partial charge in [0.15, 0.2) is 0 Å². The topological polar surface area (TPSA) is 12.0 Å². The van der Waals surface area contributed by atoms with Crippen LogP contribution in [-0.4, -0.2) is 6.04 Å². The van der Waals surface area contributed by atoms with Gasteiger partial charge in [0.05, 0.1) is 10.0 Å². The van der Waals surface area contributed by atoms with Gasteiger partial charge in [0.25, 0.3) is 0 Å². The number of halogens is 2. The molecule has 0 aliphatic rings. The number of hydrogen-bond acceptors (Lipinski definition) is 1. The third kappa shape index (κ3) is 4.25. The van der Waals surface area contributed by atoms with E-state index in [0.717, 1.165) is 18.5 Å². The zero-order chi connectivity index (χ0) is 11.3. The SMILES string of the molecule is C=CCC(C)NCc1ccc(Cl)c(Cl)c1. The first kappa shape index (κ1) is 12.6. The minimum absolute atomic E-state index is 0.428. The number of benzene rings is 1. The monoisotopic (exact) mass is 243 g/mol. The van der Waals surface area contributed by atoms with E-state index in [1.54, 1.807) is 0 Å². The van der Waals surface area contributed by atoms with Gasteiger partial charge in [-0.25, -0.2) is 0 Å². The minimum Gasteiger partial charge on any atom is -0.310 e. The smallest absolute Gasteiger partial charge is 0.0595 e. The van der Waals surface area contributed by atoms with E-state index in [2.05, 4.69) is 18.8 Å². The van der Waals surface area contributed by atoms with Crippen LogP contribution in [0.1, 0.15) is 18.9 Å². The molecule has 1 aromatic carbocycles. The van der Waals surface area contributed by atoms with Crippen molar-refractivity contribution in [2.45, 2.75) is 25.9 Å². The molecule has 0 saturated carbocycles. The van der Waals surface area contributed by atoms with Crippen molar-refractivity contribution < 1.29 is 0 Å². The fraction of sp³-hybridized carbons (Fsp3) is 0.333. The quantitative estimate of drug-likeness (QED) is 0.770. The first-order chi connectivity index (χ1) is 7.13. The Kier molecular flexibility index (Phi) is 5.16. The van der Waals surface area contributed by atoms with E-state index in [4.69, 9.17) is 23.2 Å². The van der Waals surface area contributed by atoms with Crippen molar-refractivity contribution in [1.29, 1.82) is 0 Å². The lowest BCUT2D eigenvalue weighted by Gasteiger charge is -2.11. The molecular weight excluding hydrogens is 229 g/mol. The molecule has 1 nitrogen and oxygen atoms in total. The lowest BCUT2D eigenvalue weighted by Crippen LogP contribution is -2.24. The summed E-state index contributed by atoms with van der Waals surface area (Å²) in [7, 11) is 0. The highest BCUT2D eigenvalue weighted by Crippen LogP contribution is 2.22. The predicted molar refractivity (Wildman–Crippen MR) is 67.6 cm³/mol. The molecule has 0 heterocycles. The summed E-state index contributed by atoms with van der Waals surface area (Å²) in [6.45, 7) is 6.62. The maximum atomic E-state index is 5.91. The van der Waals surface area contributed by atoms with Crippen LogP contribution in [0.25, 0.3) is 0 Å². The van der Waals surface area contributed by atoms with Crippen LogP contribution >= 0.6 is 23.2 Å². The first-order valence-electron chi connectivity index (χ1n) is 4.91. The van der Waals surface area contributed by atoms with Gasteiger partial charge in [0.1, 0.15) is 0 Å². The van der Waals surface area contributed by atoms with Gasteiger partial charge in [0, 0.05) is 12.6 Å². The van der Waals surface area contributed by atoms with Crippen molar-refractivity contribution in [3.8, 4) is 0 Å². The molecule has 0 aliphatic carbocycles. The van der Waals surface area contributed by atoms with Gasteiger partial charge in [0.2, 0.25) is 0 Å². The summed E-state index contributed by atoms with van der Waals surface area (Å²) in [5.41, 5.74) is 1.14. The summed E-state index contributed by atoms with van der Waals surface area (Å²) >= 11 is 11.7. The van der Waals surface area contributed by atoms with Crippen LogP contribution in [0.3, 0.4) is 0 Å². The highest BCUT2D eigenvalue weighted by atomic mass is 35.5. The second-order valence-electron chi connectivity index (χ2n) is 3.55. The summed E-state index contributed by atoms with van der Waals surface area (Å²) in [5, 5.41) is 4.57. The van der Waals surface area contributed by atoms with Crippen molar-refractivity contribution in [2.75, 3.05) is 0 Å². The van der Waals surface area contributed by atoms with Crippen LogP contribution in [0, 0.1) is 0 Å². The van der Waals surface area contributed by atoms with Crippen LogP contribution in [0.4, 0.5) is 0 Å². The van der Waals surface area contributed by atoms with Gasteiger partial charge in [-0.2, -0.15) is 0 Å². The molecular formula is C12H15Cl2N. The van der Waals surface area contributed by atoms with Crippen molar-refractivity contribution in [3.63, 3.8) is 0 Å². The third-order valence-corrected chi connectivity index (χ3v) is 2.90. The molecule has 0 radical (unpaired) electrons. The van der Waals surface area contributed by atoms with Gasteiger partial charge >= 0.3 is 0 Å². The molecule has 1 rings (SSSR count). The molecule has 1 aromatic rings. The molecule has 1 atom stereocenters. The highest BCUT2D eigenvalue weighted by molar-refractivity contribution is 6.42. The van der Waals surface area contributed by atoms with Gasteiger partial charge in [-0.1, -0.05) is 35.3 Å². The maximum absolute atomic E-state index is 5.91. The Morgan fingerprint density at radius 2 is 2.13 bits per heavy atom. The van der Waals surface area contributed by atoms with Crippen molar-refractivity contribution in [2.24, 2.45) is 0 Å². The molecule has 0 amide bonds. The average molecular weight is 244 g/mol. The molecule has 3 heteroatoms. The Morgan fingerprint density at radius 3 is 2.73 bits per heavy atom. The van der Waals surface area contributed by atoms with E-state index in [1.165, 1.54) is 0 Å². The highest BCUT2D eigenvalue weighted by Gasteiger charge is 2.01. The molecule has 1 unspecified atom stereocenters. The van der Waals surface area contributed by atoms with E-state index >= 15 is 0 Å². The Balaban J connectivity index is 2.50. The minimum atomic E-state index is 0.428. The Labute approximate surface area is 101 Å². The van der Waals surface area contributed by atoms with E-state index < -0.39 is 0 Å². The molecule has 0 fully saturated rings. The Bertz CT molecular complexity index is 336. The summed E-state index contributed by atoms with van der Waals surface area (Å²) in [4.78, 5) is 0. The molecule has 0 bridgehead atoms. The van der Waals surface area contributed by atoms with Crippen LogP contribution in [0.2, 0.25) is 10.0 Å². The van der Waals surface area contributed by atoms with E-state index in [0.29, 0.717) is 16.1 Å². The van der Waals surface area contributed by atoms with Gasteiger partial charge in [-0.05, 0) is 31.0 Å². The number of nitrogens with one attached hydrogen (secondary N) is 1. The van der Waals surface area contributed by atoms with Crippen molar-refractivity contribution in [3.05, 3.63) is 46.5 Å². The van der Waals surface area contributed by atoms with Gasteiger partial charge in [-0.3, -0.25) is 0 Å². The van der Waals surface area contributed by atoms with Crippen LogP contribution in [0.5, 0.6) is 0 Å². The Morgan fingerprint density at radius 1 is 1.40 bits per heavy atom. The van der Waals surface area contributed by atoms with Gasteiger partial charge in [-0.15, -0.1) is 6.58 Å². The second-order valence-corrected chi connectivity index (χ2v) is 4.37. The van der Waals surface area contributed by atoms with Crippen molar-refractivity contribution in [1.82, 2.24) is 5.32 Å². The van der Waals surface area contributed by atoms with Crippen LogP contribution in [0.15, 0.2) is 30.9 Å². The zero-order valence-electron chi connectivity index (χ0n) is 8.76. The third-order valence-electron chi connectivity index (χ3n) is 2.16. The molecule has 0 spiro atoms. The molecule has 1 N–H and O–H groups in total. The van der Waals surface area contributed by atoms with Crippen LogP contribution in [-0.2, 0) is 6.54 Å². The lowest BCUT2D eigenvalue weighted by atomic mass is 10.2. The van der Waals surface area contributed by atoms with Gasteiger partial charge < -0.3 is 5.32 Å². The van der Waals surface area contributed by atoms with Crippen molar-refractivity contribution >= 4 is 23.2 Å². The number of rotatable bonds is 5. The Hall–Kier alpha value is -0.500.